The van der Waals surface area contributed by atoms with Gasteiger partial charge in [-0.15, -0.1) is 0 Å². The van der Waals surface area contributed by atoms with Crippen molar-refractivity contribution in [2.24, 2.45) is 0 Å². The second kappa shape index (κ2) is 17.0. The Morgan fingerprint density at radius 1 is 0.500 bits per heavy atom. The van der Waals surface area contributed by atoms with Crippen LogP contribution in [0.3, 0.4) is 0 Å². The molecule has 1 atom stereocenters. The molecule has 20 heavy (non-hydrogen) atoms. The minimum Gasteiger partial charge on any atom is -0.393 e. The quantitative estimate of drug-likeness (QED) is 0.315. The van der Waals surface area contributed by atoms with E-state index in [0.29, 0.717) is 0 Å². The van der Waals surface area contributed by atoms with Crippen molar-refractivity contribution in [3.05, 3.63) is 0 Å². The summed E-state index contributed by atoms with van der Waals surface area (Å²) in [5.74, 6) is 0. The van der Waals surface area contributed by atoms with Crippen molar-refractivity contribution in [2.75, 3.05) is 0 Å². The maximum atomic E-state index is 9.74. The average Bonchev–Trinajstić information content (AvgIpc) is 2.46. The predicted octanol–water partition coefficient (Wildman–Crippen LogP) is 6.63. The van der Waals surface area contributed by atoms with Crippen molar-refractivity contribution in [2.45, 2.75) is 123 Å². The third-order valence-electron chi connectivity index (χ3n) is 4.28. The molecular formula is C19H40O. The molecule has 0 aliphatic carbocycles. The summed E-state index contributed by atoms with van der Waals surface area (Å²) >= 11 is 0. The highest BCUT2D eigenvalue weighted by atomic mass is 16.3. The summed E-state index contributed by atoms with van der Waals surface area (Å²) in [7, 11) is 0. The molecule has 0 rings (SSSR count). The van der Waals surface area contributed by atoms with Crippen LogP contribution in [0.1, 0.15) is 117 Å². The second-order valence-electron chi connectivity index (χ2n) is 6.47. The third kappa shape index (κ3) is 16.0. The highest BCUT2D eigenvalue weighted by Crippen LogP contribution is 2.14. The predicted molar refractivity (Wildman–Crippen MR) is 91.2 cm³/mol. The molecule has 1 N–H and O–H groups in total. The van der Waals surface area contributed by atoms with Gasteiger partial charge in [-0.2, -0.15) is 0 Å². The number of aliphatic hydroxyl groups excluding tert-OH is 1. The summed E-state index contributed by atoms with van der Waals surface area (Å²) in [4.78, 5) is 0. The zero-order chi connectivity index (χ0) is 14.9. The molecule has 0 spiro atoms. The first-order valence-electron chi connectivity index (χ1n) is 9.49. The highest BCUT2D eigenvalue weighted by molar-refractivity contribution is 4.56. The first kappa shape index (κ1) is 20.0. The van der Waals surface area contributed by atoms with Gasteiger partial charge in [-0.25, -0.2) is 0 Å². The number of aliphatic hydroxyl groups is 1. The number of hydrogen-bond acceptors (Lipinski definition) is 1. The third-order valence-corrected chi connectivity index (χ3v) is 4.28. The van der Waals surface area contributed by atoms with Crippen LogP contribution in [-0.4, -0.2) is 11.2 Å². The van der Waals surface area contributed by atoms with Gasteiger partial charge < -0.3 is 5.11 Å². The Labute approximate surface area is 128 Å². The molecule has 0 heterocycles. The summed E-state index contributed by atoms with van der Waals surface area (Å²) in [6.45, 7) is 4.47. The van der Waals surface area contributed by atoms with Crippen LogP contribution >= 0.6 is 0 Å². The summed E-state index contributed by atoms with van der Waals surface area (Å²) in [5.41, 5.74) is 0. The zero-order valence-corrected chi connectivity index (χ0v) is 14.3. The van der Waals surface area contributed by atoms with E-state index in [-0.39, 0.29) is 6.10 Å². The standard InChI is InChI=1S/C19H40O/c1-3-5-7-8-9-10-11-12-13-14-15-16-18-19(20)17-6-4-2/h19-20H,3-18H2,1-2H3. The molecular weight excluding hydrogens is 244 g/mol. The van der Waals surface area contributed by atoms with Gasteiger partial charge in [-0.3, -0.25) is 0 Å². The Morgan fingerprint density at radius 2 is 0.850 bits per heavy atom. The Balaban J connectivity index is 3.02. The van der Waals surface area contributed by atoms with E-state index >= 15 is 0 Å². The van der Waals surface area contributed by atoms with E-state index in [0.717, 1.165) is 12.8 Å². The summed E-state index contributed by atoms with van der Waals surface area (Å²) in [6, 6.07) is 0. The molecule has 0 amide bonds. The molecule has 0 aromatic rings. The first-order chi connectivity index (χ1) is 9.81. The smallest absolute Gasteiger partial charge is 0.0540 e. The van der Waals surface area contributed by atoms with E-state index in [9.17, 15) is 5.11 Å². The van der Waals surface area contributed by atoms with Crippen molar-refractivity contribution in [3.8, 4) is 0 Å². The van der Waals surface area contributed by atoms with Crippen LogP contribution in [-0.2, 0) is 0 Å². The van der Waals surface area contributed by atoms with Gasteiger partial charge in [0.15, 0.2) is 0 Å². The zero-order valence-electron chi connectivity index (χ0n) is 14.3. The maximum absolute atomic E-state index is 9.74. The monoisotopic (exact) mass is 284 g/mol. The Kier molecular flexibility index (Phi) is 17.0. The second-order valence-corrected chi connectivity index (χ2v) is 6.47. The van der Waals surface area contributed by atoms with Gasteiger partial charge in [0, 0.05) is 0 Å². The van der Waals surface area contributed by atoms with Gasteiger partial charge in [-0.05, 0) is 12.8 Å². The van der Waals surface area contributed by atoms with Crippen molar-refractivity contribution in [3.63, 3.8) is 0 Å². The number of hydrogen-bond donors (Lipinski definition) is 1. The summed E-state index contributed by atoms with van der Waals surface area (Å²) < 4.78 is 0. The Hall–Kier alpha value is -0.0400. The van der Waals surface area contributed by atoms with E-state index in [4.69, 9.17) is 0 Å². The highest BCUT2D eigenvalue weighted by Gasteiger charge is 2.02. The normalized spacial score (nSPS) is 12.8. The molecule has 0 fully saturated rings. The van der Waals surface area contributed by atoms with Crippen molar-refractivity contribution < 1.29 is 5.11 Å². The lowest BCUT2D eigenvalue weighted by Gasteiger charge is -2.09. The molecule has 0 bridgehead atoms. The van der Waals surface area contributed by atoms with Crippen LogP contribution in [0.4, 0.5) is 0 Å². The molecule has 1 heteroatoms. The largest absolute Gasteiger partial charge is 0.393 e. The molecule has 0 radical (unpaired) electrons. The van der Waals surface area contributed by atoms with Crippen molar-refractivity contribution in [1.29, 1.82) is 0 Å². The lowest BCUT2D eigenvalue weighted by molar-refractivity contribution is 0.148. The molecule has 0 aromatic carbocycles. The van der Waals surface area contributed by atoms with Crippen LogP contribution in [0, 0.1) is 0 Å². The van der Waals surface area contributed by atoms with Gasteiger partial charge >= 0.3 is 0 Å². The molecule has 122 valence electrons. The number of unbranched alkanes of at least 4 members (excludes halogenated alkanes) is 12. The maximum Gasteiger partial charge on any atom is 0.0540 e. The van der Waals surface area contributed by atoms with Crippen LogP contribution in [0.25, 0.3) is 0 Å². The number of rotatable bonds is 16. The molecule has 1 nitrogen and oxygen atoms in total. The van der Waals surface area contributed by atoms with Gasteiger partial charge in [0.1, 0.15) is 0 Å². The molecule has 0 saturated carbocycles. The average molecular weight is 285 g/mol. The van der Waals surface area contributed by atoms with Crippen LogP contribution in [0.5, 0.6) is 0 Å². The van der Waals surface area contributed by atoms with Gasteiger partial charge in [0.05, 0.1) is 6.10 Å². The fourth-order valence-electron chi connectivity index (χ4n) is 2.81. The molecule has 0 aromatic heterocycles. The molecule has 0 saturated heterocycles. The summed E-state index contributed by atoms with van der Waals surface area (Å²) in [6.07, 6.45) is 21.1. The van der Waals surface area contributed by atoms with Crippen LogP contribution in [0.2, 0.25) is 0 Å². The van der Waals surface area contributed by atoms with Gasteiger partial charge in [-0.1, -0.05) is 104 Å². The van der Waals surface area contributed by atoms with E-state index in [1.165, 1.54) is 89.9 Å². The van der Waals surface area contributed by atoms with E-state index < -0.39 is 0 Å². The van der Waals surface area contributed by atoms with E-state index in [2.05, 4.69) is 13.8 Å². The molecule has 0 aliphatic heterocycles. The SMILES string of the molecule is CCCCCCCCCCCCCCC(O)CCCC. The van der Waals surface area contributed by atoms with Crippen molar-refractivity contribution in [1.82, 2.24) is 0 Å². The summed E-state index contributed by atoms with van der Waals surface area (Å²) in [5, 5.41) is 9.74. The first-order valence-corrected chi connectivity index (χ1v) is 9.49. The Morgan fingerprint density at radius 3 is 1.30 bits per heavy atom. The lowest BCUT2D eigenvalue weighted by Crippen LogP contribution is -2.05. The molecule has 0 aliphatic rings. The van der Waals surface area contributed by atoms with Crippen LogP contribution < -0.4 is 0 Å². The van der Waals surface area contributed by atoms with Gasteiger partial charge in [0.2, 0.25) is 0 Å². The lowest BCUT2D eigenvalue weighted by atomic mass is 10.0. The fraction of sp³-hybridized carbons (Fsp3) is 1.00. The van der Waals surface area contributed by atoms with Crippen molar-refractivity contribution >= 4 is 0 Å². The Bertz CT molecular complexity index is 167. The van der Waals surface area contributed by atoms with E-state index in [1.807, 2.05) is 0 Å². The van der Waals surface area contributed by atoms with Gasteiger partial charge in [0.25, 0.3) is 0 Å². The minimum absolute atomic E-state index is 0.0296. The van der Waals surface area contributed by atoms with E-state index in [1.54, 1.807) is 0 Å². The topological polar surface area (TPSA) is 20.2 Å². The fourth-order valence-corrected chi connectivity index (χ4v) is 2.81. The minimum atomic E-state index is -0.0296. The van der Waals surface area contributed by atoms with Crippen LogP contribution in [0.15, 0.2) is 0 Å². The molecule has 1 unspecified atom stereocenters.